The molecule has 0 atom stereocenters. The van der Waals surface area contributed by atoms with Gasteiger partial charge in [-0.3, -0.25) is 0 Å². The summed E-state index contributed by atoms with van der Waals surface area (Å²) in [4.78, 5) is 7.80. The van der Waals surface area contributed by atoms with Gasteiger partial charge in [-0.1, -0.05) is 0 Å². The van der Waals surface area contributed by atoms with Crippen LogP contribution in [0.4, 0.5) is 0 Å². The molecule has 0 saturated carbocycles. The number of benzene rings is 2. The quantitative estimate of drug-likeness (QED) is 0.685. The van der Waals surface area contributed by atoms with Gasteiger partial charge in [-0.15, -0.1) is 0 Å². The van der Waals surface area contributed by atoms with Gasteiger partial charge in [0.25, 0.3) is 0 Å². The average molecular weight is 363 g/mol. The Morgan fingerprint density at radius 2 is 1.59 bits per heavy atom. The number of methoxy groups -OCH3 is 3. The second kappa shape index (κ2) is 7.42. The molecule has 0 amide bonds. The molecular weight excluding hydrogens is 342 g/mol. The maximum absolute atomic E-state index is 9.69. The monoisotopic (exact) mass is 363 g/mol. The van der Waals surface area contributed by atoms with Crippen LogP contribution >= 0.6 is 0 Å². The predicted octanol–water partition coefficient (Wildman–Crippen LogP) is 4.27. The van der Waals surface area contributed by atoms with Crippen molar-refractivity contribution in [1.82, 2.24) is 9.97 Å². The summed E-state index contributed by atoms with van der Waals surface area (Å²) in [6.07, 6.45) is 1.72. The van der Waals surface area contributed by atoms with E-state index in [-0.39, 0.29) is 0 Å². The normalized spacial score (nSPS) is 11.3. The van der Waals surface area contributed by atoms with E-state index in [1.807, 2.05) is 26.0 Å². The van der Waals surface area contributed by atoms with Gasteiger partial charge in [0.1, 0.15) is 17.6 Å². The maximum Gasteiger partial charge on any atom is 0.164 e. The number of ether oxygens (including phenoxy) is 3. The van der Waals surface area contributed by atoms with Crippen LogP contribution in [-0.2, 0) is 0 Å². The van der Waals surface area contributed by atoms with Crippen molar-refractivity contribution in [3.63, 3.8) is 0 Å². The molecule has 1 aromatic heterocycles. The van der Waals surface area contributed by atoms with Gasteiger partial charge in [-0.25, -0.2) is 4.98 Å². The van der Waals surface area contributed by atoms with E-state index in [0.29, 0.717) is 34.2 Å². The Bertz CT molecular complexity index is 1040. The number of imidazole rings is 1. The SMILES string of the molecule is COc1cc(OC)c(OC)cc1/C=C(\C#N)c1nc2cc(C)c(C)cc2[nH]1. The molecule has 0 bridgehead atoms. The second-order valence-electron chi connectivity index (χ2n) is 6.16. The van der Waals surface area contributed by atoms with Crippen LogP contribution < -0.4 is 14.2 Å². The molecule has 0 aliphatic heterocycles. The first-order valence-electron chi connectivity index (χ1n) is 8.39. The lowest BCUT2D eigenvalue weighted by Crippen LogP contribution is -1.95. The number of allylic oxidation sites excluding steroid dienone is 1. The minimum absolute atomic E-state index is 0.395. The van der Waals surface area contributed by atoms with Gasteiger partial charge in [-0.05, 0) is 49.2 Å². The zero-order chi connectivity index (χ0) is 19.6. The number of aromatic nitrogens is 2. The smallest absolute Gasteiger partial charge is 0.164 e. The Hall–Kier alpha value is -3.46. The molecule has 3 aromatic rings. The highest BCUT2D eigenvalue weighted by Crippen LogP contribution is 2.36. The van der Waals surface area contributed by atoms with Crippen molar-refractivity contribution >= 4 is 22.7 Å². The molecule has 0 saturated heterocycles. The summed E-state index contributed by atoms with van der Waals surface area (Å²) in [7, 11) is 4.69. The largest absolute Gasteiger partial charge is 0.496 e. The highest BCUT2D eigenvalue weighted by molar-refractivity contribution is 5.91. The molecule has 138 valence electrons. The van der Waals surface area contributed by atoms with Crippen LogP contribution in [0.5, 0.6) is 17.2 Å². The van der Waals surface area contributed by atoms with Gasteiger partial charge in [0.2, 0.25) is 0 Å². The van der Waals surface area contributed by atoms with Crippen LogP contribution in [-0.4, -0.2) is 31.3 Å². The molecular formula is C21H21N3O3. The minimum Gasteiger partial charge on any atom is -0.496 e. The summed E-state index contributed by atoms with van der Waals surface area (Å²) < 4.78 is 16.1. The van der Waals surface area contributed by atoms with E-state index in [1.165, 1.54) is 5.56 Å². The summed E-state index contributed by atoms with van der Waals surface area (Å²) >= 11 is 0. The van der Waals surface area contributed by atoms with E-state index in [0.717, 1.165) is 16.6 Å². The number of fused-ring (bicyclic) bond motifs is 1. The van der Waals surface area contributed by atoms with Gasteiger partial charge in [0.15, 0.2) is 11.5 Å². The minimum atomic E-state index is 0.395. The lowest BCUT2D eigenvalue weighted by Gasteiger charge is -2.12. The standard InChI is InChI=1S/C21H21N3O3/c1-12-6-16-17(7-13(12)2)24-21(23-16)15(11-22)8-14-9-19(26-4)20(27-5)10-18(14)25-3/h6-10H,1-5H3,(H,23,24)/b15-8+. The van der Waals surface area contributed by atoms with Crippen molar-refractivity contribution in [3.8, 4) is 23.3 Å². The first kappa shape index (κ1) is 18.3. The van der Waals surface area contributed by atoms with Crippen LogP contribution in [0, 0.1) is 25.2 Å². The zero-order valence-corrected chi connectivity index (χ0v) is 16.0. The number of rotatable bonds is 5. The van der Waals surface area contributed by atoms with Gasteiger partial charge in [0, 0.05) is 11.6 Å². The number of hydrogen-bond acceptors (Lipinski definition) is 5. The lowest BCUT2D eigenvalue weighted by molar-refractivity contribution is 0.348. The molecule has 0 radical (unpaired) electrons. The summed E-state index contributed by atoms with van der Waals surface area (Å²) in [6.45, 7) is 4.09. The Balaban J connectivity index is 2.13. The van der Waals surface area contributed by atoms with Gasteiger partial charge in [0.05, 0.1) is 37.9 Å². The van der Waals surface area contributed by atoms with E-state index < -0.39 is 0 Å². The molecule has 0 spiro atoms. The molecule has 0 unspecified atom stereocenters. The van der Waals surface area contributed by atoms with Crippen molar-refractivity contribution in [1.29, 1.82) is 5.26 Å². The van der Waals surface area contributed by atoms with Gasteiger partial charge in [-0.2, -0.15) is 5.26 Å². The number of aromatic amines is 1. The third-order valence-electron chi connectivity index (χ3n) is 4.51. The number of nitriles is 1. The fourth-order valence-electron chi connectivity index (χ4n) is 2.87. The first-order chi connectivity index (χ1) is 13.0. The summed E-state index contributed by atoms with van der Waals surface area (Å²) in [5.74, 6) is 2.19. The van der Waals surface area contributed by atoms with E-state index in [4.69, 9.17) is 14.2 Å². The maximum atomic E-state index is 9.69. The van der Waals surface area contributed by atoms with Crippen molar-refractivity contribution in [2.45, 2.75) is 13.8 Å². The summed E-state index contributed by atoms with van der Waals surface area (Å²) in [5.41, 5.74) is 5.14. The van der Waals surface area contributed by atoms with Crippen molar-refractivity contribution in [2.75, 3.05) is 21.3 Å². The molecule has 0 aliphatic carbocycles. The molecule has 6 nitrogen and oxygen atoms in total. The molecule has 2 aromatic carbocycles. The Labute approximate surface area is 158 Å². The summed E-state index contributed by atoms with van der Waals surface area (Å²) in [5, 5.41) is 9.69. The highest BCUT2D eigenvalue weighted by atomic mass is 16.5. The molecule has 1 N–H and O–H groups in total. The second-order valence-corrected chi connectivity index (χ2v) is 6.16. The third kappa shape index (κ3) is 3.44. The predicted molar refractivity (Wildman–Crippen MR) is 105 cm³/mol. The number of nitrogens with one attached hydrogen (secondary N) is 1. The zero-order valence-electron chi connectivity index (χ0n) is 16.0. The third-order valence-corrected chi connectivity index (χ3v) is 4.51. The topological polar surface area (TPSA) is 80.2 Å². The van der Waals surface area contributed by atoms with Crippen LogP contribution in [0.2, 0.25) is 0 Å². The van der Waals surface area contributed by atoms with Crippen LogP contribution in [0.3, 0.4) is 0 Å². The highest BCUT2D eigenvalue weighted by Gasteiger charge is 2.14. The van der Waals surface area contributed by atoms with Crippen LogP contribution in [0.15, 0.2) is 24.3 Å². The molecule has 0 aliphatic rings. The molecule has 27 heavy (non-hydrogen) atoms. The van der Waals surface area contributed by atoms with Gasteiger partial charge < -0.3 is 19.2 Å². The van der Waals surface area contributed by atoms with Crippen molar-refractivity contribution < 1.29 is 14.2 Å². The first-order valence-corrected chi connectivity index (χ1v) is 8.39. The van der Waals surface area contributed by atoms with Gasteiger partial charge >= 0.3 is 0 Å². The van der Waals surface area contributed by atoms with E-state index >= 15 is 0 Å². The lowest BCUT2D eigenvalue weighted by atomic mass is 10.1. The van der Waals surface area contributed by atoms with E-state index in [1.54, 1.807) is 39.5 Å². The van der Waals surface area contributed by atoms with Crippen LogP contribution in [0.1, 0.15) is 22.5 Å². The molecule has 6 heteroatoms. The van der Waals surface area contributed by atoms with E-state index in [9.17, 15) is 5.26 Å². The number of nitrogens with zero attached hydrogens (tertiary/aromatic N) is 2. The Morgan fingerprint density at radius 3 is 2.22 bits per heavy atom. The molecule has 3 rings (SSSR count). The fourth-order valence-corrected chi connectivity index (χ4v) is 2.87. The fraction of sp³-hybridized carbons (Fsp3) is 0.238. The van der Waals surface area contributed by atoms with Crippen molar-refractivity contribution in [2.24, 2.45) is 0 Å². The number of aryl methyl sites for hydroxylation is 2. The average Bonchev–Trinajstić information content (AvgIpc) is 3.08. The Kier molecular flexibility index (Phi) is 5.04. The Morgan fingerprint density at radius 1 is 0.963 bits per heavy atom. The number of hydrogen-bond donors (Lipinski definition) is 1. The van der Waals surface area contributed by atoms with E-state index in [2.05, 4.69) is 16.0 Å². The summed E-state index contributed by atoms with van der Waals surface area (Å²) in [6, 6.07) is 9.76. The molecule has 0 fully saturated rings. The molecule has 1 heterocycles. The van der Waals surface area contributed by atoms with Crippen LogP contribution in [0.25, 0.3) is 22.7 Å². The number of H-pyrrole nitrogens is 1. The van der Waals surface area contributed by atoms with Crippen molar-refractivity contribution in [3.05, 3.63) is 46.8 Å².